The van der Waals surface area contributed by atoms with Gasteiger partial charge in [0.1, 0.15) is 5.00 Å². The van der Waals surface area contributed by atoms with E-state index in [0.29, 0.717) is 17.2 Å². The Kier molecular flexibility index (Phi) is 6.16. The van der Waals surface area contributed by atoms with Crippen molar-refractivity contribution in [2.75, 3.05) is 11.9 Å². The van der Waals surface area contributed by atoms with Crippen molar-refractivity contribution in [3.05, 3.63) is 16.5 Å². The molecule has 0 saturated heterocycles. The van der Waals surface area contributed by atoms with Crippen molar-refractivity contribution in [2.24, 2.45) is 11.7 Å². The van der Waals surface area contributed by atoms with Gasteiger partial charge < -0.3 is 15.8 Å². The molecule has 0 fully saturated rings. The van der Waals surface area contributed by atoms with Gasteiger partial charge in [0.05, 0.1) is 18.2 Å². The quantitative estimate of drug-likeness (QED) is 0.791. The van der Waals surface area contributed by atoms with Gasteiger partial charge in [0.25, 0.3) is 0 Å². The fraction of sp³-hybridized carbons (Fsp3) is 0.571. The normalized spacial score (nSPS) is 13.7. The summed E-state index contributed by atoms with van der Waals surface area (Å²) in [5, 5.41) is 3.24. The molecule has 0 saturated carbocycles. The SMILES string of the molecule is CCOC(=O)c1cc(C)sc1NC(=O)[C@@H](N)C(C)CC. The van der Waals surface area contributed by atoms with Crippen LogP contribution in [0.3, 0.4) is 0 Å². The van der Waals surface area contributed by atoms with Crippen LogP contribution in [-0.4, -0.2) is 24.5 Å². The van der Waals surface area contributed by atoms with Crippen LogP contribution in [0.4, 0.5) is 5.00 Å². The number of carbonyl (C=O) groups is 2. The Balaban J connectivity index is 2.87. The maximum Gasteiger partial charge on any atom is 0.341 e. The van der Waals surface area contributed by atoms with Crippen molar-refractivity contribution >= 4 is 28.2 Å². The molecule has 112 valence electrons. The second kappa shape index (κ2) is 7.40. The summed E-state index contributed by atoms with van der Waals surface area (Å²) in [6.45, 7) is 7.83. The summed E-state index contributed by atoms with van der Waals surface area (Å²) < 4.78 is 4.98. The molecule has 0 bridgehead atoms. The van der Waals surface area contributed by atoms with E-state index in [-0.39, 0.29) is 11.8 Å². The van der Waals surface area contributed by atoms with Gasteiger partial charge in [-0.25, -0.2) is 4.79 Å². The maximum absolute atomic E-state index is 12.1. The summed E-state index contributed by atoms with van der Waals surface area (Å²) >= 11 is 1.35. The average Bonchev–Trinajstić information content (AvgIpc) is 2.78. The second-order valence-electron chi connectivity index (χ2n) is 4.72. The van der Waals surface area contributed by atoms with Gasteiger partial charge in [0, 0.05) is 4.88 Å². The van der Waals surface area contributed by atoms with E-state index in [2.05, 4.69) is 5.32 Å². The highest BCUT2D eigenvalue weighted by Gasteiger charge is 2.23. The van der Waals surface area contributed by atoms with Gasteiger partial charge in [-0.2, -0.15) is 0 Å². The molecule has 0 radical (unpaired) electrons. The lowest BCUT2D eigenvalue weighted by atomic mass is 9.99. The minimum Gasteiger partial charge on any atom is -0.462 e. The van der Waals surface area contributed by atoms with Crippen molar-refractivity contribution in [3.63, 3.8) is 0 Å². The van der Waals surface area contributed by atoms with Gasteiger partial charge in [-0.05, 0) is 25.8 Å². The molecule has 20 heavy (non-hydrogen) atoms. The largest absolute Gasteiger partial charge is 0.462 e. The molecule has 0 aliphatic rings. The fourth-order valence-electron chi connectivity index (χ4n) is 1.68. The number of anilines is 1. The Hall–Kier alpha value is -1.40. The zero-order chi connectivity index (χ0) is 15.3. The Labute approximate surface area is 123 Å². The van der Waals surface area contributed by atoms with E-state index in [4.69, 9.17) is 10.5 Å². The lowest BCUT2D eigenvalue weighted by molar-refractivity contribution is -0.118. The molecule has 0 aliphatic heterocycles. The third-order valence-corrected chi connectivity index (χ3v) is 4.11. The van der Waals surface area contributed by atoms with Crippen molar-refractivity contribution in [1.82, 2.24) is 0 Å². The maximum atomic E-state index is 12.1. The van der Waals surface area contributed by atoms with Crippen LogP contribution in [0.2, 0.25) is 0 Å². The Bertz CT molecular complexity index is 485. The van der Waals surface area contributed by atoms with Crippen LogP contribution in [0.1, 0.15) is 42.4 Å². The summed E-state index contributed by atoms with van der Waals surface area (Å²) in [4.78, 5) is 24.8. The molecule has 0 aromatic carbocycles. The van der Waals surface area contributed by atoms with Gasteiger partial charge >= 0.3 is 5.97 Å². The van der Waals surface area contributed by atoms with Crippen LogP contribution >= 0.6 is 11.3 Å². The van der Waals surface area contributed by atoms with Crippen molar-refractivity contribution in [1.29, 1.82) is 0 Å². The summed E-state index contributed by atoms with van der Waals surface area (Å²) in [5.41, 5.74) is 6.28. The zero-order valence-corrected chi connectivity index (χ0v) is 13.2. The Morgan fingerprint density at radius 2 is 2.10 bits per heavy atom. The number of ether oxygens (including phenoxy) is 1. The van der Waals surface area contributed by atoms with E-state index in [1.165, 1.54) is 11.3 Å². The minimum absolute atomic E-state index is 0.0853. The molecular formula is C14H22N2O3S. The second-order valence-corrected chi connectivity index (χ2v) is 5.98. The third-order valence-electron chi connectivity index (χ3n) is 3.15. The summed E-state index contributed by atoms with van der Waals surface area (Å²) in [6, 6.07) is 1.13. The van der Waals surface area contributed by atoms with E-state index >= 15 is 0 Å². The molecule has 1 amide bonds. The summed E-state index contributed by atoms with van der Waals surface area (Å²) in [6.07, 6.45) is 0.822. The van der Waals surface area contributed by atoms with Gasteiger partial charge in [-0.3, -0.25) is 4.79 Å². The molecule has 0 spiro atoms. The molecule has 5 nitrogen and oxygen atoms in total. The summed E-state index contributed by atoms with van der Waals surface area (Å²) in [5.74, 6) is -0.613. The number of nitrogens with two attached hydrogens (primary N) is 1. The van der Waals surface area contributed by atoms with E-state index in [9.17, 15) is 9.59 Å². The highest BCUT2D eigenvalue weighted by atomic mass is 32.1. The molecule has 1 aromatic rings. The van der Waals surface area contributed by atoms with Crippen LogP contribution < -0.4 is 11.1 Å². The number of amides is 1. The Morgan fingerprint density at radius 1 is 1.45 bits per heavy atom. The fourth-order valence-corrected chi connectivity index (χ4v) is 2.58. The van der Waals surface area contributed by atoms with Gasteiger partial charge in [0.15, 0.2) is 0 Å². The minimum atomic E-state index is -0.586. The van der Waals surface area contributed by atoms with Crippen LogP contribution in [0.25, 0.3) is 0 Å². The average molecular weight is 298 g/mol. The lowest BCUT2D eigenvalue weighted by Gasteiger charge is -2.17. The topological polar surface area (TPSA) is 81.4 Å². The number of nitrogens with one attached hydrogen (secondary N) is 1. The van der Waals surface area contributed by atoms with Crippen molar-refractivity contribution < 1.29 is 14.3 Å². The smallest absolute Gasteiger partial charge is 0.341 e. The monoisotopic (exact) mass is 298 g/mol. The number of aryl methyl sites for hydroxylation is 1. The highest BCUT2D eigenvalue weighted by molar-refractivity contribution is 7.16. The summed E-state index contributed by atoms with van der Waals surface area (Å²) in [7, 11) is 0. The van der Waals surface area contributed by atoms with Gasteiger partial charge in [-0.1, -0.05) is 20.3 Å². The van der Waals surface area contributed by atoms with E-state index < -0.39 is 12.0 Å². The highest BCUT2D eigenvalue weighted by Crippen LogP contribution is 2.28. The molecule has 6 heteroatoms. The van der Waals surface area contributed by atoms with Gasteiger partial charge in [-0.15, -0.1) is 11.3 Å². The number of rotatable bonds is 6. The number of thiophene rings is 1. The molecular weight excluding hydrogens is 276 g/mol. The zero-order valence-electron chi connectivity index (χ0n) is 12.4. The van der Waals surface area contributed by atoms with Gasteiger partial charge in [0.2, 0.25) is 5.91 Å². The first-order valence-electron chi connectivity index (χ1n) is 6.74. The van der Waals surface area contributed by atoms with Crippen molar-refractivity contribution in [2.45, 2.75) is 40.2 Å². The first kappa shape index (κ1) is 16.7. The first-order valence-corrected chi connectivity index (χ1v) is 7.56. The standard InChI is InChI=1S/C14H22N2O3S/c1-5-8(3)11(15)12(17)16-13-10(7-9(4)20-13)14(18)19-6-2/h7-8,11H,5-6,15H2,1-4H3,(H,16,17)/t8?,11-/m0/s1. The number of hydrogen-bond donors (Lipinski definition) is 2. The predicted molar refractivity (Wildman–Crippen MR) is 81.1 cm³/mol. The molecule has 1 unspecified atom stereocenters. The number of carbonyl (C=O) groups excluding carboxylic acids is 2. The first-order chi connectivity index (χ1) is 9.40. The molecule has 1 rings (SSSR count). The van der Waals surface area contributed by atoms with Crippen LogP contribution in [0.15, 0.2) is 6.07 Å². The Morgan fingerprint density at radius 3 is 2.65 bits per heavy atom. The lowest BCUT2D eigenvalue weighted by Crippen LogP contribution is -2.40. The van der Waals surface area contributed by atoms with Crippen molar-refractivity contribution in [3.8, 4) is 0 Å². The van der Waals surface area contributed by atoms with E-state index in [1.807, 2.05) is 20.8 Å². The number of esters is 1. The molecule has 2 atom stereocenters. The molecule has 1 aromatic heterocycles. The van der Waals surface area contributed by atoms with Crippen LogP contribution in [0, 0.1) is 12.8 Å². The van der Waals surface area contributed by atoms with E-state index in [1.54, 1.807) is 13.0 Å². The van der Waals surface area contributed by atoms with E-state index in [0.717, 1.165) is 11.3 Å². The molecule has 0 aliphatic carbocycles. The van der Waals surface area contributed by atoms with Crippen LogP contribution in [-0.2, 0) is 9.53 Å². The predicted octanol–water partition coefficient (Wildman–Crippen LogP) is 2.55. The molecule has 3 N–H and O–H groups in total. The van der Waals surface area contributed by atoms with Crippen LogP contribution in [0.5, 0.6) is 0 Å². The third kappa shape index (κ3) is 4.05. The number of hydrogen-bond acceptors (Lipinski definition) is 5. The molecule has 1 heterocycles.